The lowest BCUT2D eigenvalue weighted by Gasteiger charge is -2.30. The maximum absolute atomic E-state index is 13.1. The van der Waals surface area contributed by atoms with Crippen LogP contribution in [-0.4, -0.2) is 47.0 Å². The van der Waals surface area contributed by atoms with Crippen LogP contribution in [-0.2, 0) is 0 Å². The molecule has 2 aliphatic heterocycles. The molecule has 136 valence electrons. The highest BCUT2D eigenvalue weighted by Gasteiger charge is 2.25. The van der Waals surface area contributed by atoms with E-state index in [-0.39, 0.29) is 5.91 Å². The number of nitrogens with zero attached hydrogens (tertiary/aromatic N) is 4. The van der Waals surface area contributed by atoms with Crippen LogP contribution in [0.4, 0.5) is 5.82 Å². The highest BCUT2D eigenvalue weighted by molar-refractivity contribution is 5.93. The van der Waals surface area contributed by atoms with Gasteiger partial charge in [0.15, 0.2) is 5.82 Å². The zero-order valence-corrected chi connectivity index (χ0v) is 15.4. The minimum Gasteiger partial charge on any atom is -0.356 e. The van der Waals surface area contributed by atoms with E-state index in [9.17, 15) is 4.79 Å². The smallest absolute Gasteiger partial charge is 0.272 e. The number of rotatable bonds is 3. The lowest BCUT2D eigenvalue weighted by molar-refractivity contribution is 0.0691. The Balaban J connectivity index is 1.68. The van der Waals surface area contributed by atoms with Gasteiger partial charge in [-0.15, -0.1) is 0 Å². The Morgan fingerprint density at radius 2 is 1.69 bits per heavy atom. The molecule has 2 saturated heterocycles. The number of benzene rings is 1. The molecule has 0 spiro atoms. The Labute approximate surface area is 155 Å². The van der Waals surface area contributed by atoms with Gasteiger partial charge in [0.25, 0.3) is 5.91 Å². The number of amides is 1. The van der Waals surface area contributed by atoms with E-state index in [1.165, 1.54) is 12.8 Å². The highest BCUT2D eigenvalue weighted by atomic mass is 16.2. The number of aromatic nitrogens is 2. The van der Waals surface area contributed by atoms with E-state index >= 15 is 0 Å². The maximum Gasteiger partial charge on any atom is 0.272 e. The van der Waals surface area contributed by atoms with Gasteiger partial charge in [-0.3, -0.25) is 4.79 Å². The van der Waals surface area contributed by atoms with E-state index in [1.54, 1.807) is 0 Å². The minimum absolute atomic E-state index is 0.0388. The average Bonchev–Trinajstić information content (AvgIpc) is 3.23. The molecule has 0 bridgehead atoms. The van der Waals surface area contributed by atoms with Gasteiger partial charge in [0.2, 0.25) is 0 Å². The predicted octanol–water partition coefficient (Wildman–Crippen LogP) is 3.62. The van der Waals surface area contributed by atoms with Crippen molar-refractivity contribution in [1.82, 2.24) is 14.9 Å². The quantitative estimate of drug-likeness (QED) is 0.848. The van der Waals surface area contributed by atoms with Gasteiger partial charge in [0, 0.05) is 37.8 Å². The van der Waals surface area contributed by atoms with E-state index in [1.807, 2.05) is 41.3 Å². The van der Waals surface area contributed by atoms with Crippen molar-refractivity contribution in [3.05, 3.63) is 42.1 Å². The van der Waals surface area contributed by atoms with Gasteiger partial charge in [-0.05, 0) is 31.6 Å². The molecule has 0 N–H and O–H groups in total. The highest BCUT2D eigenvalue weighted by Crippen LogP contribution is 2.25. The van der Waals surface area contributed by atoms with Gasteiger partial charge in [0.1, 0.15) is 11.5 Å². The zero-order chi connectivity index (χ0) is 17.9. The molecular formula is C21H26N4O. The molecule has 0 unspecified atom stereocenters. The fourth-order valence-corrected chi connectivity index (χ4v) is 3.74. The Kier molecular flexibility index (Phi) is 4.87. The molecule has 1 aromatic carbocycles. The Hall–Kier alpha value is -2.43. The summed E-state index contributed by atoms with van der Waals surface area (Å²) in [6.07, 6.45) is 4.50. The average molecular weight is 350 g/mol. The van der Waals surface area contributed by atoms with Crippen LogP contribution in [0, 0.1) is 5.92 Å². The number of anilines is 1. The van der Waals surface area contributed by atoms with Gasteiger partial charge in [0.05, 0.1) is 0 Å². The van der Waals surface area contributed by atoms with Crippen LogP contribution in [0.25, 0.3) is 11.4 Å². The predicted molar refractivity (Wildman–Crippen MR) is 103 cm³/mol. The van der Waals surface area contributed by atoms with Gasteiger partial charge in [-0.1, -0.05) is 37.3 Å². The van der Waals surface area contributed by atoms with Crippen molar-refractivity contribution in [2.24, 2.45) is 5.92 Å². The van der Waals surface area contributed by atoms with Crippen LogP contribution in [0.5, 0.6) is 0 Å². The number of piperidine rings is 1. The van der Waals surface area contributed by atoms with Gasteiger partial charge >= 0.3 is 0 Å². The molecule has 0 atom stereocenters. The van der Waals surface area contributed by atoms with Crippen LogP contribution in [0.2, 0.25) is 0 Å². The summed E-state index contributed by atoms with van der Waals surface area (Å²) in [7, 11) is 0. The summed E-state index contributed by atoms with van der Waals surface area (Å²) in [5, 5.41) is 0. The normalized spacial score (nSPS) is 18.3. The molecular weight excluding hydrogens is 324 g/mol. The molecule has 2 fully saturated rings. The van der Waals surface area contributed by atoms with E-state index in [4.69, 9.17) is 4.98 Å². The maximum atomic E-state index is 13.1. The first-order valence-corrected chi connectivity index (χ1v) is 9.69. The monoisotopic (exact) mass is 350 g/mol. The zero-order valence-electron chi connectivity index (χ0n) is 15.4. The van der Waals surface area contributed by atoms with Crippen molar-refractivity contribution in [3.8, 4) is 11.4 Å². The van der Waals surface area contributed by atoms with Crippen molar-refractivity contribution in [2.75, 3.05) is 31.1 Å². The Bertz CT molecular complexity index is 763. The molecule has 0 saturated carbocycles. The number of carbonyl (C=O) groups excluding carboxylic acids is 1. The van der Waals surface area contributed by atoms with Crippen LogP contribution >= 0.6 is 0 Å². The minimum atomic E-state index is 0.0388. The van der Waals surface area contributed by atoms with Crippen LogP contribution in [0.15, 0.2) is 36.4 Å². The van der Waals surface area contributed by atoms with Gasteiger partial charge < -0.3 is 9.80 Å². The van der Waals surface area contributed by atoms with E-state index in [2.05, 4.69) is 16.8 Å². The topological polar surface area (TPSA) is 49.3 Å². The number of carbonyl (C=O) groups is 1. The lowest BCUT2D eigenvalue weighted by atomic mass is 9.99. The second-order valence-corrected chi connectivity index (χ2v) is 7.47. The molecule has 1 aromatic heterocycles. The first-order valence-electron chi connectivity index (χ1n) is 9.69. The summed E-state index contributed by atoms with van der Waals surface area (Å²) in [6, 6.07) is 11.8. The second-order valence-electron chi connectivity index (χ2n) is 7.47. The summed E-state index contributed by atoms with van der Waals surface area (Å²) >= 11 is 0. The third-order valence-electron chi connectivity index (χ3n) is 5.46. The molecule has 0 radical (unpaired) electrons. The van der Waals surface area contributed by atoms with E-state index < -0.39 is 0 Å². The SMILES string of the molecule is CC1CCN(C(=O)c2cc(N3CCCC3)nc(-c3ccccc3)n2)CC1. The molecule has 5 heteroatoms. The second kappa shape index (κ2) is 7.44. The van der Waals surface area contributed by atoms with Crippen LogP contribution < -0.4 is 4.90 Å². The van der Waals surface area contributed by atoms with E-state index in [0.29, 0.717) is 17.4 Å². The number of hydrogen-bond donors (Lipinski definition) is 0. The van der Waals surface area contributed by atoms with E-state index in [0.717, 1.165) is 50.4 Å². The van der Waals surface area contributed by atoms with Gasteiger partial charge in [-0.25, -0.2) is 9.97 Å². The van der Waals surface area contributed by atoms with Crippen LogP contribution in [0.3, 0.4) is 0 Å². The Morgan fingerprint density at radius 1 is 1.00 bits per heavy atom. The summed E-state index contributed by atoms with van der Waals surface area (Å²) in [6.45, 7) is 5.90. The van der Waals surface area contributed by atoms with Crippen molar-refractivity contribution in [2.45, 2.75) is 32.6 Å². The molecule has 26 heavy (non-hydrogen) atoms. The standard InChI is InChI=1S/C21H26N4O/c1-16-9-13-25(14-10-16)21(26)18-15-19(24-11-5-6-12-24)23-20(22-18)17-7-3-2-4-8-17/h2-4,7-8,15-16H,5-6,9-14H2,1H3. The summed E-state index contributed by atoms with van der Waals surface area (Å²) in [5.74, 6) is 2.26. The largest absolute Gasteiger partial charge is 0.356 e. The van der Waals surface area contributed by atoms with Crippen LogP contribution in [0.1, 0.15) is 43.1 Å². The number of likely N-dealkylation sites (tertiary alicyclic amines) is 1. The third kappa shape index (κ3) is 3.57. The molecule has 3 heterocycles. The summed E-state index contributed by atoms with van der Waals surface area (Å²) < 4.78 is 0. The third-order valence-corrected chi connectivity index (χ3v) is 5.46. The Morgan fingerprint density at radius 3 is 2.38 bits per heavy atom. The van der Waals surface area contributed by atoms with Crippen molar-refractivity contribution >= 4 is 11.7 Å². The van der Waals surface area contributed by atoms with Gasteiger partial charge in [-0.2, -0.15) is 0 Å². The molecule has 4 rings (SSSR count). The molecule has 2 aliphatic rings. The first kappa shape index (κ1) is 17.0. The summed E-state index contributed by atoms with van der Waals surface area (Å²) in [5.41, 5.74) is 1.48. The molecule has 2 aromatic rings. The lowest BCUT2D eigenvalue weighted by Crippen LogP contribution is -2.38. The molecule has 5 nitrogen and oxygen atoms in total. The molecule has 0 aliphatic carbocycles. The first-order chi connectivity index (χ1) is 12.7. The van der Waals surface area contributed by atoms with Crippen molar-refractivity contribution in [3.63, 3.8) is 0 Å². The van der Waals surface area contributed by atoms with Crippen molar-refractivity contribution in [1.29, 1.82) is 0 Å². The number of hydrogen-bond acceptors (Lipinski definition) is 4. The summed E-state index contributed by atoms with van der Waals surface area (Å²) in [4.78, 5) is 26.7. The fraction of sp³-hybridized carbons (Fsp3) is 0.476. The van der Waals surface area contributed by atoms with Crippen molar-refractivity contribution < 1.29 is 4.79 Å². The fourth-order valence-electron chi connectivity index (χ4n) is 3.74. The molecule has 1 amide bonds.